The van der Waals surface area contributed by atoms with Crippen molar-refractivity contribution in [2.24, 2.45) is 0 Å². The Bertz CT molecular complexity index is 596. The summed E-state index contributed by atoms with van der Waals surface area (Å²) < 4.78 is 0. The van der Waals surface area contributed by atoms with Crippen LogP contribution in [-0.4, -0.2) is 9.97 Å². The Morgan fingerprint density at radius 1 is 1.24 bits per heavy atom. The molecule has 5 nitrogen and oxygen atoms in total. The molecule has 5 N–H and O–H groups in total. The van der Waals surface area contributed by atoms with Gasteiger partial charge in [-0.1, -0.05) is 23.4 Å². The van der Waals surface area contributed by atoms with Gasteiger partial charge in [0.25, 0.3) is 5.56 Å². The highest BCUT2D eigenvalue weighted by Crippen LogP contribution is 2.28. The predicted octanol–water partition coefficient (Wildman–Crippen LogP) is 1.74. The van der Waals surface area contributed by atoms with Crippen molar-refractivity contribution in [3.8, 4) is 0 Å². The first-order valence-electron chi connectivity index (χ1n) is 4.65. The summed E-state index contributed by atoms with van der Waals surface area (Å²) in [5, 5.41) is 0.631. The first-order chi connectivity index (χ1) is 8.06. The van der Waals surface area contributed by atoms with Crippen molar-refractivity contribution >= 4 is 35.1 Å². The SMILES string of the molecule is Nc1nc(N)c(Sc2ccc(Cl)cc2)c(=O)[nH]1. The Hall–Kier alpha value is -1.66. The number of aromatic nitrogens is 2. The van der Waals surface area contributed by atoms with Crippen LogP contribution in [0.15, 0.2) is 38.9 Å². The van der Waals surface area contributed by atoms with Crippen molar-refractivity contribution < 1.29 is 0 Å². The molecule has 88 valence electrons. The van der Waals surface area contributed by atoms with Crippen LogP contribution in [0.1, 0.15) is 0 Å². The molecule has 2 rings (SSSR count). The van der Waals surface area contributed by atoms with E-state index in [0.717, 1.165) is 4.90 Å². The topological polar surface area (TPSA) is 97.8 Å². The summed E-state index contributed by atoms with van der Waals surface area (Å²) in [6.45, 7) is 0. The van der Waals surface area contributed by atoms with Crippen LogP contribution in [-0.2, 0) is 0 Å². The molecule has 0 saturated heterocycles. The fraction of sp³-hybridized carbons (Fsp3) is 0. The second-order valence-electron chi connectivity index (χ2n) is 3.22. The van der Waals surface area contributed by atoms with E-state index < -0.39 is 0 Å². The van der Waals surface area contributed by atoms with Gasteiger partial charge in [-0.3, -0.25) is 9.78 Å². The minimum Gasteiger partial charge on any atom is -0.382 e. The van der Waals surface area contributed by atoms with Gasteiger partial charge in [-0.05, 0) is 24.3 Å². The van der Waals surface area contributed by atoms with Crippen LogP contribution in [0.3, 0.4) is 0 Å². The van der Waals surface area contributed by atoms with Crippen molar-refractivity contribution in [1.82, 2.24) is 9.97 Å². The number of benzene rings is 1. The van der Waals surface area contributed by atoms with Gasteiger partial charge in [0.2, 0.25) is 5.95 Å². The van der Waals surface area contributed by atoms with Crippen molar-refractivity contribution in [1.29, 1.82) is 0 Å². The largest absolute Gasteiger partial charge is 0.382 e. The molecule has 2 aromatic rings. The third-order valence-corrected chi connectivity index (χ3v) is 3.31. The fourth-order valence-electron chi connectivity index (χ4n) is 1.22. The second kappa shape index (κ2) is 4.68. The Balaban J connectivity index is 2.36. The van der Waals surface area contributed by atoms with Gasteiger partial charge in [-0.15, -0.1) is 0 Å². The van der Waals surface area contributed by atoms with E-state index in [1.54, 1.807) is 24.3 Å². The average molecular weight is 269 g/mol. The van der Waals surface area contributed by atoms with E-state index in [9.17, 15) is 4.79 Å². The van der Waals surface area contributed by atoms with Gasteiger partial charge in [0.05, 0.1) is 0 Å². The van der Waals surface area contributed by atoms with Crippen LogP contribution in [0, 0.1) is 0 Å². The van der Waals surface area contributed by atoms with Gasteiger partial charge in [0, 0.05) is 9.92 Å². The van der Waals surface area contributed by atoms with Crippen LogP contribution in [0.2, 0.25) is 5.02 Å². The normalized spacial score (nSPS) is 10.4. The molecule has 0 spiro atoms. The lowest BCUT2D eigenvalue weighted by Gasteiger charge is -2.04. The van der Waals surface area contributed by atoms with Crippen LogP contribution in [0.25, 0.3) is 0 Å². The Morgan fingerprint density at radius 2 is 1.88 bits per heavy atom. The van der Waals surface area contributed by atoms with Gasteiger partial charge < -0.3 is 11.5 Å². The Morgan fingerprint density at radius 3 is 2.47 bits per heavy atom. The highest BCUT2D eigenvalue weighted by Gasteiger charge is 2.09. The van der Waals surface area contributed by atoms with E-state index in [0.29, 0.717) is 9.92 Å². The van der Waals surface area contributed by atoms with Crippen molar-refractivity contribution in [2.75, 3.05) is 11.5 Å². The molecule has 0 aliphatic carbocycles. The molecule has 1 aromatic heterocycles. The van der Waals surface area contributed by atoms with E-state index >= 15 is 0 Å². The molecule has 7 heteroatoms. The monoisotopic (exact) mass is 268 g/mol. The first-order valence-corrected chi connectivity index (χ1v) is 5.84. The third-order valence-electron chi connectivity index (χ3n) is 1.95. The summed E-state index contributed by atoms with van der Waals surface area (Å²) in [5.41, 5.74) is 10.7. The molecule has 0 bridgehead atoms. The lowest BCUT2D eigenvalue weighted by molar-refractivity contribution is 1.07. The fourth-order valence-corrected chi connectivity index (χ4v) is 2.14. The molecular weight excluding hydrogens is 260 g/mol. The zero-order valence-electron chi connectivity index (χ0n) is 8.61. The Labute approximate surface area is 106 Å². The molecule has 0 unspecified atom stereocenters. The van der Waals surface area contributed by atoms with E-state index in [1.165, 1.54) is 11.8 Å². The summed E-state index contributed by atoms with van der Waals surface area (Å²) in [6, 6.07) is 7.06. The highest BCUT2D eigenvalue weighted by molar-refractivity contribution is 7.99. The number of anilines is 2. The maximum absolute atomic E-state index is 11.6. The number of nitrogen functional groups attached to an aromatic ring is 2. The van der Waals surface area contributed by atoms with Crippen molar-refractivity contribution in [2.45, 2.75) is 9.79 Å². The number of aromatic amines is 1. The lowest BCUT2D eigenvalue weighted by atomic mass is 10.4. The van der Waals surface area contributed by atoms with Gasteiger partial charge >= 0.3 is 0 Å². The van der Waals surface area contributed by atoms with Gasteiger partial charge in [-0.25, -0.2) is 0 Å². The molecular formula is C10H9ClN4OS. The summed E-state index contributed by atoms with van der Waals surface area (Å²) in [5.74, 6) is 0.124. The predicted molar refractivity (Wildman–Crippen MR) is 69.3 cm³/mol. The number of rotatable bonds is 2. The van der Waals surface area contributed by atoms with Crippen molar-refractivity contribution in [3.63, 3.8) is 0 Å². The summed E-state index contributed by atoms with van der Waals surface area (Å²) in [4.78, 5) is 19.0. The molecule has 0 radical (unpaired) electrons. The summed E-state index contributed by atoms with van der Waals surface area (Å²) in [7, 11) is 0. The van der Waals surface area contributed by atoms with Crippen LogP contribution in [0.5, 0.6) is 0 Å². The lowest BCUT2D eigenvalue weighted by Crippen LogP contribution is -2.15. The number of hydrogen-bond acceptors (Lipinski definition) is 5. The van der Waals surface area contributed by atoms with Gasteiger partial charge in [0.15, 0.2) is 0 Å². The molecule has 0 atom stereocenters. The molecule has 0 aliphatic heterocycles. The third kappa shape index (κ3) is 2.72. The second-order valence-corrected chi connectivity index (χ2v) is 4.74. The molecule has 0 amide bonds. The standard InChI is InChI=1S/C10H9ClN4OS/c11-5-1-3-6(4-2-5)17-7-8(12)14-10(13)15-9(7)16/h1-4H,(H5,12,13,14,15,16). The first kappa shape index (κ1) is 11.8. The van der Waals surface area contributed by atoms with E-state index in [4.69, 9.17) is 23.1 Å². The average Bonchev–Trinajstić information content (AvgIpc) is 2.26. The summed E-state index contributed by atoms with van der Waals surface area (Å²) in [6.07, 6.45) is 0. The Kier molecular flexibility index (Phi) is 3.26. The smallest absolute Gasteiger partial charge is 0.268 e. The van der Waals surface area contributed by atoms with Gasteiger partial charge in [0.1, 0.15) is 10.7 Å². The number of nitrogens with two attached hydrogens (primary N) is 2. The van der Waals surface area contributed by atoms with E-state index in [1.807, 2.05) is 0 Å². The van der Waals surface area contributed by atoms with Gasteiger partial charge in [-0.2, -0.15) is 4.98 Å². The van der Waals surface area contributed by atoms with Crippen LogP contribution in [0.4, 0.5) is 11.8 Å². The van der Waals surface area contributed by atoms with E-state index in [2.05, 4.69) is 9.97 Å². The van der Waals surface area contributed by atoms with Crippen LogP contribution < -0.4 is 17.0 Å². The minimum atomic E-state index is -0.352. The summed E-state index contributed by atoms with van der Waals surface area (Å²) >= 11 is 6.98. The maximum atomic E-state index is 11.6. The molecule has 0 fully saturated rings. The molecule has 1 heterocycles. The molecule has 0 aliphatic rings. The van der Waals surface area contributed by atoms with Crippen molar-refractivity contribution in [3.05, 3.63) is 39.6 Å². The quantitative estimate of drug-likeness (QED) is 0.771. The highest BCUT2D eigenvalue weighted by atomic mass is 35.5. The number of halogens is 1. The number of nitrogens with one attached hydrogen (secondary N) is 1. The molecule has 1 aromatic carbocycles. The number of nitrogens with zero attached hydrogens (tertiary/aromatic N) is 1. The number of hydrogen-bond donors (Lipinski definition) is 3. The number of H-pyrrole nitrogens is 1. The zero-order chi connectivity index (χ0) is 12.4. The maximum Gasteiger partial charge on any atom is 0.268 e. The molecule has 17 heavy (non-hydrogen) atoms. The molecule has 0 saturated carbocycles. The van der Waals surface area contributed by atoms with Crippen LogP contribution >= 0.6 is 23.4 Å². The zero-order valence-corrected chi connectivity index (χ0v) is 10.2. The van der Waals surface area contributed by atoms with E-state index in [-0.39, 0.29) is 17.3 Å². The minimum absolute atomic E-state index is 0.00737.